The van der Waals surface area contributed by atoms with Crippen LogP contribution in [0.3, 0.4) is 0 Å². The fourth-order valence-corrected chi connectivity index (χ4v) is 8.70. The molecule has 0 saturated heterocycles. The molecule has 0 aliphatic heterocycles. The van der Waals surface area contributed by atoms with E-state index in [4.69, 9.17) is 4.84 Å². The molecular weight excluding hydrogens is 386 g/mol. The molecule has 0 heterocycles. The van der Waals surface area contributed by atoms with Crippen LogP contribution in [-0.4, -0.2) is 35.8 Å². The molecule has 4 nitrogen and oxygen atoms in total. The van der Waals surface area contributed by atoms with Gasteiger partial charge in [0.15, 0.2) is 0 Å². The fraction of sp³-hybridized carbons (Fsp3) is 0.889. The molecule has 1 N–H and O–H groups in total. The summed E-state index contributed by atoms with van der Waals surface area (Å²) in [6.45, 7) is 10.1. The number of rotatable bonds is 6. The Morgan fingerprint density at radius 2 is 2.00 bits per heavy atom. The summed E-state index contributed by atoms with van der Waals surface area (Å²) in [6, 6.07) is 0. The first kappa shape index (κ1) is 23.3. The van der Waals surface area contributed by atoms with Crippen LogP contribution >= 0.6 is 0 Å². The van der Waals surface area contributed by atoms with Gasteiger partial charge in [0.25, 0.3) is 0 Å². The quantitative estimate of drug-likeness (QED) is 0.430. The molecule has 0 aromatic carbocycles. The molecule has 0 unspecified atom stereocenters. The fourth-order valence-electron chi connectivity index (χ4n) is 8.70. The largest absolute Gasteiger partial charge is 0.393 e. The molecule has 176 valence electrons. The van der Waals surface area contributed by atoms with Gasteiger partial charge < -0.3 is 5.11 Å². The second kappa shape index (κ2) is 8.82. The molecule has 8 atom stereocenters. The summed E-state index contributed by atoms with van der Waals surface area (Å²) in [5.74, 6) is 3.87. The van der Waals surface area contributed by atoms with Crippen molar-refractivity contribution >= 4 is 5.91 Å². The van der Waals surface area contributed by atoms with Crippen molar-refractivity contribution in [2.75, 3.05) is 13.7 Å². The van der Waals surface area contributed by atoms with Crippen molar-refractivity contribution < 1.29 is 14.7 Å². The Balaban J connectivity index is 1.45. The highest BCUT2D eigenvalue weighted by Gasteiger charge is 2.59. The van der Waals surface area contributed by atoms with Crippen LogP contribution < -0.4 is 0 Å². The van der Waals surface area contributed by atoms with Gasteiger partial charge in [-0.05, 0) is 105 Å². The Hall–Kier alpha value is -0.870. The lowest BCUT2D eigenvalue weighted by Crippen LogP contribution is -2.50. The van der Waals surface area contributed by atoms with Gasteiger partial charge in [0.2, 0.25) is 5.91 Å². The van der Waals surface area contributed by atoms with Gasteiger partial charge in [-0.25, -0.2) is 5.06 Å². The van der Waals surface area contributed by atoms with Crippen LogP contribution in [-0.2, 0) is 9.63 Å². The topological polar surface area (TPSA) is 49.8 Å². The second-order valence-electron chi connectivity index (χ2n) is 11.7. The Morgan fingerprint density at radius 3 is 2.71 bits per heavy atom. The number of aliphatic hydroxyl groups excluding tert-OH is 1. The number of amides is 1. The summed E-state index contributed by atoms with van der Waals surface area (Å²) in [7, 11) is 1.59. The zero-order valence-corrected chi connectivity index (χ0v) is 20.5. The van der Waals surface area contributed by atoms with E-state index in [9.17, 15) is 9.90 Å². The highest BCUT2D eigenvalue weighted by Crippen LogP contribution is 2.67. The lowest BCUT2D eigenvalue weighted by molar-refractivity contribution is -0.175. The summed E-state index contributed by atoms with van der Waals surface area (Å²) in [4.78, 5) is 17.7. The molecule has 0 spiro atoms. The Labute approximate surface area is 189 Å². The number of hydrogen-bond acceptors (Lipinski definition) is 3. The molecule has 0 aromatic heterocycles. The molecule has 31 heavy (non-hydrogen) atoms. The molecule has 3 saturated carbocycles. The molecule has 4 heteroatoms. The first-order valence-corrected chi connectivity index (χ1v) is 13.0. The second-order valence-corrected chi connectivity index (χ2v) is 11.7. The molecule has 4 rings (SSSR count). The summed E-state index contributed by atoms with van der Waals surface area (Å²) >= 11 is 0. The number of fused-ring (bicyclic) bond motifs is 5. The summed E-state index contributed by atoms with van der Waals surface area (Å²) < 4.78 is 0. The summed E-state index contributed by atoms with van der Waals surface area (Å²) in [5.41, 5.74) is 2.31. The number of hydroxylamine groups is 2. The highest BCUT2D eigenvalue weighted by atomic mass is 16.7. The van der Waals surface area contributed by atoms with Crippen LogP contribution in [0.4, 0.5) is 0 Å². The number of hydrogen-bond donors (Lipinski definition) is 1. The third kappa shape index (κ3) is 3.90. The van der Waals surface area contributed by atoms with E-state index in [0.717, 1.165) is 42.9 Å². The SMILES string of the molecule is CCN(OC)C(=O)CC[C@@H](C)[C@H]1CC[C@H]2[C@@H]3CC=C4C[C@@H](O)CC[C@]4(C)[C@H]3CC[C@]12C. The van der Waals surface area contributed by atoms with E-state index in [1.54, 1.807) is 12.7 Å². The van der Waals surface area contributed by atoms with Crippen molar-refractivity contribution in [1.29, 1.82) is 0 Å². The molecule has 4 aliphatic rings. The van der Waals surface area contributed by atoms with Crippen molar-refractivity contribution in [1.82, 2.24) is 5.06 Å². The summed E-state index contributed by atoms with van der Waals surface area (Å²) in [6.07, 6.45) is 13.6. The normalized spacial score (nSPS) is 42.8. The van der Waals surface area contributed by atoms with E-state index in [1.165, 1.54) is 43.6 Å². The predicted molar refractivity (Wildman–Crippen MR) is 124 cm³/mol. The molecule has 4 aliphatic carbocycles. The minimum Gasteiger partial charge on any atom is -0.393 e. The molecule has 0 aromatic rings. The number of allylic oxidation sites excluding steroid dienone is 1. The van der Waals surface area contributed by atoms with Gasteiger partial charge in [0.05, 0.1) is 13.2 Å². The number of aliphatic hydroxyl groups is 1. The number of carbonyl (C=O) groups excluding carboxylic acids is 1. The number of carbonyl (C=O) groups is 1. The zero-order chi connectivity index (χ0) is 22.4. The third-order valence-electron chi connectivity index (χ3n) is 10.4. The lowest BCUT2D eigenvalue weighted by Gasteiger charge is -2.58. The van der Waals surface area contributed by atoms with Gasteiger partial charge in [-0.2, -0.15) is 0 Å². The van der Waals surface area contributed by atoms with Gasteiger partial charge in [-0.15, -0.1) is 0 Å². The van der Waals surface area contributed by atoms with Crippen LogP contribution in [0.1, 0.15) is 91.9 Å². The van der Waals surface area contributed by atoms with E-state index in [0.29, 0.717) is 29.7 Å². The average Bonchev–Trinajstić information content (AvgIpc) is 3.10. The monoisotopic (exact) mass is 431 g/mol. The number of nitrogens with zero attached hydrogens (tertiary/aromatic N) is 1. The van der Waals surface area contributed by atoms with Crippen LogP contribution in [0.15, 0.2) is 11.6 Å². The van der Waals surface area contributed by atoms with E-state index < -0.39 is 0 Å². The first-order valence-electron chi connectivity index (χ1n) is 13.0. The van der Waals surface area contributed by atoms with Gasteiger partial charge in [0, 0.05) is 13.0 Å². The molecule has 1 amide bonds. The maximum Gasteiger partial charge on any atom is 0.246 e. The van der Waals surface area contributed by atoms with Crippen molar-refractivity contribution in [3.8, 4) is 0 Å². The minimum absolute atomic E-state index is 0.120. The van der Waals surface area contributed by atoms with Crippen molar-refractivity contribution in [2.45, 2.75) is 98.0 Å². The molecular formula is C27H45NO3. The van der Waals surface area contributed by atoms with E-state index >= 15 is 0 Å². The zero-order valence-electron chi connectivity index (χ0n) is 20.5. The van der Waals surface area contributed by atoms with Crippen LogP contribution in [0, 0.1) is 40.4 Å². The standard InChI is InChI=1S/C27H45NO3/c1-6-28(31-5)25(30)12-7-18(2)22-10-11-23-21-9-8-19-17-20(29)13-15-26(19,3)24(21)14-16-27(22,23)4/h8,18,20-24,29H,6-7,9-17H2,1-5H3/t18-,20+,21+,22-,23+,24+,26+,27-/m1/s1. The van der Waals surface area contributed by atoms with E-state index in [1.807, 2.05) is 6.92 Å². The van der Waals surface area contributed by atoms with Gasteiger partial charge in [0.1, 0.15) is 0 Å². The van der Waals surface area contributed by atoms with Crippen molar-refractivity contribution in [3.63, 3.8) is 0 Å². The predicted octanol–water partition coefficient (Wildman–Crippen LogP) is 5.75. The minimum atomic E-state index is -0.120. The van der Waals surface area contributed by atoms with Crippen LogP contribution in [0.25, 0.3) is 0 Å². The van der Waals surface area contributed by atoms with Crippen molar-refractivity contribution in [2.24, 2.45) is 40.4 Å². The summed E-state index contributed by atoms with van der Waals surface area (Å²) in [5, 5.41) is 11.7. The van der Waals surface area contributed by atoms with Crippen molar-refractivity contribution in [3.05, 3.63) is 11.6 Å². The van der Waals surface area contributed by atoms with Gasteiger partial charge in [-0.3, -0.25) is 9.63 Å². The third-order valence-corrected chi connectivity index (χ3v) is 10.4. The lowest BCUT2D eigenvalue weighted by atomic mass is 9.47. The van der Waals surface area contributed by atoms with Crippen LogP contribution in [0.5, 0.6) is 0 Å². The van der Waals surface area contributed by atoms with E-state index in [-0.39, 0.29) is 12.0 Å². The Morgan fingerprint density at radius 1 is 1.23 bits per heavy atom. The van der Waals surface area contributed by atoms with Gasteiger partial charge >= 0.3 is 0 Å². The highest BCUT2D eigenvalue weighted by molar-refractivity contribution is 5.74. The Kier molecular flexibility index (Phi) is 6.63. The average molecular weight is 432 g/mol. The smallest absolute Gasteiger partial charge is 0.246 e. The van der Waals surface area contributed by atoms with Gasteiger partial charge in [-0.1, -0.05) is 32.4 Å². The maximum absolute atomic E-state index is 12.4. The maximum atomic E-state index is 12.4. The van der Waals surface area contributed by atoms with E-state index in [2.05, 4.69) is 26.8 Å². The Bertz CT molecular complexity index is 701. The molecule has 0 bridgehead atoms. The first-order chi connectivity index (χ1) is 14.7. The van der Waals surface area contributed by atoms with Crippen LogP contribution in [0.2, 0.25) is 0 Å². The molecule has 0 radical (unpaired) electrons. The molecule has 3 fully saturated rings.